The molecule has 2 amide bonds. The topological polar surface area (TPSA) is 69.6 Å². The molecule has 0 bridgehead atoms. The van der Waals surface area contributed by atoms with Crippen molar-refractivity contribution in [2.45, 2.75) is 26.7 Å². The molecule has 1 aliphatic rings. The van der Waals surface area contributed by atoms with E-state index in [9.17, 15) is 14.0 Å². The van der Waals surface area contributed by atoms with Crippen molar-refractivity contribution in [3.63, 3.8) is 0 Å². The maximum atomic E-state index is 13.8. The molecule has 1 aromatic rings. The van der Waals surface area contributed by atoms with Crippen LogP contribution in [-0.2, 0) is 0 Å². The molecule has 0 saturated carbocycles. The maximum absolute atomic E-state index is 13.8. The summed E-state index contributed by atoms with van der Waals surface area (Å²) in [7, 11) is 0. The SMILES string of the molecule is CC1(C)CCN(C(=O)Nc2ccc(C(=O)O)cc2F)CC1. The van der Waals surface area contributed by atoms with Gasteiger partial charge in [-0.2, -0.15) is 0 Å². The third kappa shape index (κ3) is 3.71. The third-order valence-corrected chi connectivity index (χ3v) is 3.86. The van der Waals surface area contributed by atoms with Crippen LogP contribution in [0.1, 0.15) is 37.0 Å². The highest BCUT2D eigenvalue weighted by Gasteiger charge is 2.28. The number of nitrogens with one attached hydrogen (secondary N) is 1. The van der Waals surface area contributed by atoms with Gasteiger partial charge in [0.1, 0.15) is 5.82 Å². The predicted molar refractivity (Wildman–Crippen MR) is 77.0 cm³/mol. The normalized spacial score (nSPS) is 17.4. The zero-order valence-electron chi connectivity index (χ0n) is 12.1. The fourth-order valence-corrected chi connectivity index (χ4v) is 2.26. The van der Waals surface area contributed by atoms with Crippen LogP contribution in [0.25, 0.3) is 0 Å². The molecule has 1 aliphatic heterocycles. The Bertz CT molecular complexity index is 562. The number of carboxylic acid groups (broad SMARTS) is 1. The monoisotopic (exact) mass is 294 g/mol. The molecule has 2 rings (SSSR count). The van der Waals surface area contributed by atoms with Crippen LogP contribution < -0.4 is 5.32 Å². The van der Waals surface area contributed by atoms with Gasteiger partial charge in [0.05, 0.1) is 11.3 Å². The molecule has 0 aliphatic carbocycles. The summed E-state index contributed by atoms with van der Waals surface area (Å²) in [5.74, 6) is -1.95. The lowest BCUT2D eigenvalue weighted by Gasteiger charge is -2.36. The number of amides is 2. The maximum Gasteiger partial charge on any atom is 0.335 e. The van der Waals surface area contributed by atoms with E-state index in [4.69, 9.17) is 5.11 Å². The number of nitrogens with zero attached hydrogens (tertiary/aromatic N) is 1. The van der Waals surface area contributed by atoms with Gasteiger partial charge in [-0.1, -0.05) is 13.8 Å². The number of rotatable bonds is 2. The molecule has 1 heterocycles. The van der Waals surface area contributed by atoms with E-state index in [1.807, 2.05) is 0 Å². The minimum absolute atomic E-state index is 0.00478. The zero-order chi connectivity index (χ0) is 15.6. The van der Waals surface area contributed by atoms with Gasteiger partial charge in [0.25, 0.3) is 0 Å². The first-order valence-corrected chi connectivity index (χ1v) is 6.87. The summed E-state index contributed by atoms with van der Waals surface area (Å²) in [5, 5.41) is 11.3. The fraction of sp³-hybridized carbons (Fsp3) is 0.467. The van der Waals surface area contributed by atoms with E-state index in [0.29, 0.717) is 13.1 Å². The number of benzene rings is 1. The number of carbonyl (C=O) groups excluding carboxylic acids is 1. The van der Waals surface area contributed by atoms with Gasteiger partial charge < -0.3 is 15.3 Å². The molecule has 0 radical (unpaired) electrons. The van der Waals surface area contributed by atoms with Crippen LogP contribution in [0.15, 0.2) is 18.2 Å². The number of hydrogen-bond acceptors (Lipinski definition) is 2. The molecular weight excluding hydrogens is 275 g/mol. The summed E-state index contributed by atoms with van der Waals surface area (Å²) in [5.41, 5.74) is 0.0746. The van der Waals surface area contributed by atoms with Crippen molar-refractivity contribution in [2.75, 3.05) is 18.4 Å². The molecule has 0 aromatic heterocycles. The summed E-state index contributed by atoms with van der Waals surface area (Å²) < 4.78 is 13.8. The number of likely N-dealkylation sites (tertiary alicyclic amines) is 1. The third-order valence-electron chi connectivity index (χ3n) is 3.86. The van der Waals surface area contributed by atoms with E-state index in [1.165, 1.54) is 12.1 Å². The summed E-state index contributed by atoms with van der Waals surface area (Å²) in [6.45, 7) is 5.58. The zero-order valence-corrected chi connectivity index (χ0v) is 12.1. The van der Waals surface area contributed by atoms with Crippen LogP contribution in [0.3, 0.4) is 0 Å². The van der Waals surface area contributed by atoms with E-state index in [2.05, 4.69) is 19.2 Å². The molecule has 1 aromatic carbocycles. The van der Waals surface area contributed by atoms with Crippen molar-refractivity contribution in [3.05, 3.63) is 29.6 Å². The van der Waals surface area contributed by atoms with Gasteiger partial charge >= 0.3 is 12.0 Å². The van der Waals surface area contributed by atoms with Crippen molar-refractivity contribution in [2.24, 2.45) is 5.41 Å². The van der Waals surface area contributed by atoms with Crippen LogP contribution in [0, 0.1) is 11.2 Å². The van der Waals surface area contributed by atoms with Crippen molar-refractivity contribution in [1.82, 2.24) is 4.90 Å². The lowest BCUT2D eigenvalue weighted by molar-refractivity contribution is 0.0696. The minimum atomic E-state index is -1.20. The molecule has 6 heteroatoms. The first-order valence-electron chi connectivity index (χ1n) is 6.87. The van der Waals surface area contributed by atoms with Crippen molar-refractivity contribution in [1.29, 1.82) is 0 Å². The molecule has 21 heavy (non-hydrogen) atoms. The van der Waals surface area contributed by atoms with Gasteiger partial charge in [-0.05, 0) is 36.5 Å². The van der Waals surface area contributed by atoms with Crippen molar-refractivity contribution >= 4 is 17.7 Å². The minimum Gasteiger partial charge on any atom is -0.478 e. The number of carboxylic acids is 1. The average molecular weight is 294 g/mol. The standard InChI is InChI=1S/C15H19FN2O3/c1-15(2)5-7-18(8-6-15)14(21)17-12-4-3-10(13(19)20)9-11(12)16/h3-4,9H,5-8H2,1-2H3,(H,17,21)(H,19,20). The Morgan fingerprint density at radius 2 is 1.90 bits per heavy atom. The first-order chi connectivity index (χ1) is 9.78. The molecule has 2 N–H and O–H groups in total. The van der Waals surface area contributed by atoms with Gasteiger partial charge in [0.2, 0.25) is 0 Å². The number of hydrogen-bond donors (Lipinski definition) is 2. The Labute approximate surface area is 122 Å². The van der Waals surface area contributed by atoms with Gasteiger partial charge in [-0.3, -0.25) is 0 Å². The number of urea groups is 1. The molecule has 1 fully saturated rings. The van der Waals surface area contributed by atoms with Crippen molar-refractivity contribution < 1.29 is 19.1 Å². The highest BCUT2D eigenvalue weighted by molar-refractivity contribution is 5.91. The largest absolute Gasteiger partial charge is 0.478 e. The van der Waals surface area contributed by atoms with E-state index in [1.54, 1.807) is 4.90 Å². The highest BCUT2D eigenvalue weighted by Crippen LogP contribution is 2.30. The first kappa shape index (κ1) is 15.3. The summed E-state index contributed by atoms with van der Waals surface area (Å²) >= 11 is 0. The lowest BCUT2D eigenvalue weighted by atomic mass is 9.83. The quantitative estimate of drug-likeness (QED) is 0.880. The van der Waals surface area contributed by atoms with Gasteiger partial charge in [0.15, 0.2) is 0 Å². The lowest BCUT2D eigenvalue weighted by Crippen LogP contribution is -2.43. The summed E-state index contributed by atoms with van der Waals surface area (Å²) in [4.78, 5) is 24.5. The highest BCUT2D eigenvalue weighted by atomic mass is 19.1. The smallest absolute Gasteiger partial charge is 0.335 e. The Morgan fingerprint density at radius 3 is 2.43 bits per heavy atom. The number of piperidine rings is 1. The Balaban J connectivity index is 2.02. The Morgan fingerprint density at radius 1 is 1.29 bits per heavy atom. The van der Waals surface area contributed by atoms with Gasteiger partial charge in [0, 0.05) is 13.1 Å². The molecule has 0 unspecified atom stereocenters. The number of aromatic carboxylic acids is 1. The predicted octanol–water partition coefficient (Wildman–Crippen LogP) is 3.18. The number of anilines is 1. The second-order valence-electron chi connectivity index (χ2n) is 6.08. The molecule has 0 spiro atoms. The van der Waals surface area contributed by atoms with E-state index in [0.717, 1.165) is 18.9 Å². The van der Waals surface area contributed by atoms with Crippen molar-refractivity contribution in [3.8, 4) is 0 Å². The fourth-order valence-electron chi connectivity index (χ4n) is 2.26. The van der Waals surface area contributed by atoms with Crippen LogP contribution in [0.2, 0.25) is 0 Å². The second-order valence-corrected chi connectivity index (χ2v) is 6.08. The molecule has 114 valence electrons. The summed E-state index contributed by atoms with van der Waals surface area (Å²) in [6.07, 6.45) is 1.81. The number of halogens is 1. The van der Waals surface area contributed by atoms with Gasteiger partial charge in [-0.15, -0.1) is 0 Å². The van der Waals surface area contributed by atoms with E-state index >= 15 is 0 Å². The molecule has 0 atom stereocenters. The average Bonchev–Trinajstić information content (AvgIpc) is 2.40. The van der Waals surface area contributed by atoms with Gasteiger partial charge in [-0.25, -0.2) is 14.0 Å². The van der Waals surface area contributed by atoms with E-state index < -0.39 is 11.8 Å². The van der Waals surface area contributed by atoms with Crippen LogP contribution >= 0.6 is 0 Å². The second kappa shape index (κ2) is 5.71. The van der Waals surface area contributed by atoms with E-state index in [-0.39, 0.29) is 22.7 Å². The Hall–Kier alpha value is -2.11. The summed E-state index contributed by atoms with van der Waals surface area (Å²) in [6, 6.07) is 3.08. The molecule has 5 nitrogen and oxygen atoms in total. The van der Waals surface area contributed by atoms with Crippen LogP contribution in [-0.4, -0.2) is 35.1 Å². The van der Waals surface area contributed by atoms with Crippen LogP contribution in [0.4, 0.5) is 14.9 Å². The Kier molecular flexibility index (Phi) is 4.16. The molecular formula is C15H19FN2O3. The molecule has 1 saturated heterocycles. The number of carbonyl (C=O) groups is 2. The van der Waals surface area contributed by atoms with Crippen LogP contribution in [0.5, 0.6) is 0 Å².